The number of fused-ring (bicyclic) bond motifs is 1. The molecule has 2 aromatic carbocycles. The molecule has 0 spiro atoms. The Morgan fingerprint density at radius 1 is 0.917 bits per heavy atom. The molecule has 2 amide bonds. The highest BCUT2D eigenvalue weighted by atomic mass is 16.5. The number of rotatable bonds is 16. The molecule has 1 heterocycles. The van der Waals surface area contributed by atoms with E-state index in [9.17, 15) is 14.4 Å². The molecule has 0 aromatic heterocycles. The second kappa shape index (κ2) is 14.2. The van der Waals surface area contributed by atoms with Crippen molar-refractivity contribution in [2.75, 3.05) is 7.11 Å². The van der Waals surface area contributed by atoms with Gasteiger partial charge in [-0.2, -0.15) is 0 Å². The summed E-state index contributed by atoms with van der Waals surface area (Å²) in [5.74, 6) is -0.687. The minimum Gasteiger partial charge on any atom is -0.496 e. The lowest BCUT2D eigenvalue weighted by atomic mass is 10.0. The molecule has 2 aromatic rings. The molecule has 1 aliphatic rings. The van der Waals surface area contributed by atoms with Gasteiger partial charge in [-0.15, -0.1) is 6.58 Å². The molecule has 0 radical (unpaired) electrons. The van der Waals surface area contributed by atoms with E-state index in [2.05, 4.69) is 18.0 Å². The van der Waals surface area contributed by atoms with Crippen molar-refractivity contribution >= 4 is 17.8 Å². The highest BCUT2D eigenvalue weighted by Crippen LogP contribution is 2.24. The van der Waals surface area contributed by atoms with Crippen molar-refractivity contribution in [3.8, 4) is 5.75 Å². The van der Waals surface area contributed by atoms with Gasteiger partial charge in [0.05, 0.1) is 24.7 Å². The molecule has 0 saturated heterocycles. The van der Waals surface area contributed by atoms with Crippen LogP contribution < -0.4 is 10.1 Å². The van der Waals surface area contributed by atoms with Crippen LogP contribution in [0.25, 0.3) is 0 Å². The number of imide groups is 1. The first-order valence-corrected chi connectivity index (χ1v) is 12.9. The quantitative estimate of drug-likeness (QED) is 0.133. The van der Waals surface area contributed by atoms with Gasteiger partial charge in [0.2, 0.25) is 0 Å². The van der Waals surface area contributed by atoms with Gasteiger partial charge in [0.25, 0.3) is 11.8 Å². The van der Waals surface area contributed by atoms with Crippen LogP contribution in [0.5, 0.6) is 5.75 Å². The molecule has 1 aliphatic heterocycles. The van der Waals surface area contributed by atoms with E-state index in [-0.39, 0.29) is 18.6 Å². The summed E-state index contributed by atoms with van der Waals surface area (Å²) in [4.78, 5) is 36.3. The molecule has 0 fully saturated rings. The van der Waals surface area contributed by atoms with Gasteiger partial charge in [0.15, 0.2) is 0 Å². The minimum absolute atomic E-state index is 0.0786. The lowest BCUT2D eigenvalue weighted by Gasteiger charge is -2.12. The van der Waals surface area contributed by atoms with Gasteiger partial charge in [-0.1, -0.05) is 68.9 Å². The molecule has 0 saturated carbocycles. The van der Waals surface area contributed by atoms with Crippen molar-refractivity contribution in [3.63, 3.8) is 0 Å². The van der Waals surface area contributed by atoms with Gasteiger partial charge < -0.3 is 9.47 Å². The minimum atomic E-state index is -0.477. The van der Waals surface area contributed by atoms with Crippen LogP contribution in [0, 0.1) is 0 Å². The van der Waals surface area contributed by atoms with E-state index in [0.717, 1.165) is 24.8 Å². The monoisotopic (exact) mass is 491 g/mol. The van der Waals surface area contributed by atoms with Crippen LogP contribution in [-0.4, -0.2) is 24.9 Å². The molecular formula is C30H37NO5. The first-order valence-electron chi connectivity index (χ1n) is 12.9. The third-order valence-electron chi connectivity index (χ3n) is 6.55. The summed E-state index contributed by atoms with van der Waals surface area (Å²) in [5, 5.41) is 2.26. The average molecular weight is 492 g/mol. The number of ether oxygens (including phenoxy) is 2. The zero-order valence-corrected chi connectivity index (χ0v) is 21.3. The van der Waals surface area contributed by atoms with Gasteiger partial charge >= 0.3 is 5.97 Å². The Hall–Kier alpha value is -3.41. The predicted molar refractivity (Wildman–Crippen MR) is 140 cm³/mol. The number of unbranched alkanes of at least 4 members (excludes halogenated alkanes) is 8. The van der Waals surface area contributed by atoms with E-state index in [1.807, 2.05) is 18.2 Å². The number of allylic oxidation sites excluding steroid dienone is 1. The number of benzene rings is 2. The van der Waals surface area contributed by atoms with Crippen molar-refractivity contribution in [3.05, 3.63) is 76.9 Å². The third kappa shape index (κ3) is 7.80. The maximum absolute atomic E-state index is 12.5. The number of nitrogens with one attached hydrogen (secondary N) is 1. The fourth-order valence-electron chi connectivity index (χ4n) is 4.54. The number of methoxy groups -OCH3 is 1. The van der Waals surface area contributed by atoms with E-state index in [1.165, 1.54) is 50.5 Å². The largest absolute Gasteiger partial charge is 0.496 e. The van der Waals surface area contributed by atoms with Crippen molar-refractivity contribution in [2.45, 2.75) is 77.2 Å². The Morgan fingerprint density at radius 3 is 2.36 bits per heavy atom. The van der Waals surface area contributed by atoms with Gasteiger partial charge in [0, 0.05) is 5.56 Å². The fraction of sp³-hybridized carbons (Fsp3) is 0.433. The first-order chi connectivity index (χ1) is 17.5. The summed E-state index contributed by atoms with van der Waals surface area (Å²) in [6.07, 6.45) is 14.2. The smallest absolute Gasteiger partial charge is 0.310 e. The molecule has 6 nitrogen and oxygen atoms in total. The van der Waals surface area contributed by atoms with Crippen LogP contribution in [0.3, 0.4) is 0 Å². The maximum atomic E-state index is 12.5. The van der Waals surface area contributed by atoms with Crippen LogP contribution in [0.1, 0.15) is 95.2 Å². The summed E-state index contributed by atoms with van der Waals surface area (Å²) in [6, 6.07) is 10.9. The Morgan fingerprint density at radius 2 is 1.64 bits per heavy atom. The lowest BCUT2D eigenvalue weighted by molar-refractivity contribution is -0.144. The molecule has 0 atom stereocenters. The Balaban J connectivity index is 1.41. The molecule has 0 aliphatic carbocycles. The zero-order chi connectivity index (χ0) is 25.8. The molecular weight excluding hydrogens is 454 g/mol. The van der Waals surface area contributed by atoms with Gasteiger partial charge in [-0.25, -0.2) is 0 Å². The maximum Gasteiger partial charge on any atom is 0.310 e. The Kier molecular flexibility index (Phi) is 10.7. The molecule has 36 heavy (non-hydrogen) atoms. The van der Waals surface area contributed by atoms with Crippen LogP contribution in [0.2, 0.25) is 0 Å². The van der Waals surface area contributed by atoms with Crippen molar-refractivity contribution < 1.29 is 23.9 Å². The van der Waals surface area contributed by atoms with Crippen molar-refractivity contribution in [1.29, 1.82) is 0 Å². The van der Waals surface area contributed by atoms with Crippen LogP contribution >= 0.6 is 0 Å². The highest BCUT2D eigenvalue weighted by molar-refractivity contribution is 6.22. The predicted octanol–water partition coefficient (Wildman–Crippen LogP) is 6.10. The van der Waals surface area contributed by atoms with E-state index < -0.39 is 17.8 Å². The molecule has 0 unspecified atom stereocenters. The normalized spacial score (nSPS) is 12.2. The van der Waals surface area contributed by atoms with E-state index in [1.54, 1.807) is 25.3 Å². The average Bonchev–Trinajstić information content (AvgIpc) is 3.18. The van der Waals surface area contributed by atoms with Crippen LogP contribution in [0.4, 0.5) is 0 Å². The van der Waals surface area contributed by atoms with Gasteiger partial charge in [-0.3, -0.25) is 19.7 Å². The number of carbonyl (C=O) groups excluding carboxylic acids is 3. The van der Waals surface area contributed by atoms with Crippen LogP contribution in [0.15, 0.2) is 49.1 Å². The number of carbonyl (C=O) groups is 3. The topological polar surface area (TPSA) is 81.7 Å². The number of amides is 2. The van der Waals surface area contributed by atoms with Gasteiger partial charge in [0.1, 0.15) is 12.4 Å². The van der Waals surface area contributed by atoms with Gasteiger partial charge in [-0.05, 0) is 48.9 Å². The van der Waals surface area contributed by atoms with Crippen LogP contribution in [-0.2, 0) is 29.0 Å². The number of aryl methyl sites for hydroxylation is 1. The standard InChI is InChI=1S/C30H37NO5/c1-3-4-5-6-7-8-9-10-11-12-14-22-17-18-24(26(19-22)35-2)21-36-27(32)20-23-15-13-16-25-28(23)30(34)31-29(25)33/h3,13,15-19H,1,4-12,14,20-21H2,2H3,(H,31,33,34). The summed E-state index contributed by atoms with van der Waals surface area (Å²) in [5.41, 5.74) is 3.03. The fourth-order valence-corrected chi connectivity index (χ4v) is 4.54. The summed E-state index contributed by atoms with van der Waals surface area (Å²) >= 11 is 0. The molecule has 1 N–H and O–H groups in total. The molecule has 6 heteroatoms. The van der Waals surface area contributed by atoms with E-state index >= 15 is 0 Å². The van der Waals surface area contributed by atoms with E-state index in [0.29, 0.717) is 16.9 Å². The highest BCUT2D eigenvalue weighted by Gasteiger charge is 2.29. The molecule has 3 rings (SSSR count). The zero-order valence-electron chi connectivity index (χ0n) is 21.3. The number of hydrogen-bond acceptors (Lipinski definition) is 5. The lowest BCUT2D eigenvalue weighted by Crippen LogP contribution is -2.20. The second-order valence-corrected chi connectivity index (χ2v) is 9.26. The third-order valence-corrected chi connectivity index (χ3v) is 6.55. The SMILES string of the molecule is C=CCCCCCCCCCCc1ccc(COC(=O)Cc2cccc3c2C(=O)NC3=O)c(OC)c1. The second-order valence-electron chi connectivity index (χ2n) is 9.26. The summed E-state index contributed by atoms with van der Waals surface area (Å²) in [7, 11) is 1.61. The number of esters is 1. The molecule has 192 valence electrons. The van der Waals surface area contributed by atoms with Crippen molar-refractivity contribution in [1.82, 2.24) is 5.32 Å². The van der Waals surface area contributed by atoms with Crippen molar-refractivity contribution in [2.24, 2.45) is 0 Å². The first kappa shape index (κ1) is 27.2. The summed E-state index contributed by atoms with van der Waals surface area (Å²) in [6.45, 7) is 3.84. The molecule has 0 bridgehead atoms. The van der Waals surface area contributed by atoms with E-state index in [4.69, 9.17) is 9.47 Å². The number of hydrogen-bond donors (Lipinski definition) is 1. The Labute approximate surface area is 214 Å². The Bertz CT molecular complexity index is 1080. The summed E-state index contributed by atoms with van der Waals surface area (Å²) < 4.78 is 11.0.